The van der Waals surface area contributed by atoms with Crippen LogP contribution in [0.4, 0.5) is 4.39 Å². The molecule has 13 heteroatoms. The van der Waals surface area contributed by atoms with Crippen molar-refractivity contribution in [1.29, 1.82) is 0 Å². The number of nitrogens with zero attached hydrogens (tertiary/aromatic N) is 3. The fourth-order valence-corrected chi connectivity index (χ4v) is 5.63. The Kier molecular flexibility index (Phi) is 8.28. The summed E-state index contributed by atoms with van der Waals surface area (Å²) in [7, 11) is -2.34. The molecule has 3 heterocycles. The standard InChI is InChI=1S/C18H23N5O5S2.C7H7F/c1-28-17(25)11-8-20-14(16-19-5-6-29-16)21-12(11)9-23-10-18(3-4-18)7-13(23)15(24)22-30(2,26)27;1-6-4-2-3-5-7(6)8/h5-6,13H,3-4,7-10H2,1-2H3,(H,20,21)(H,22,24);2-5H,1H3. The van der Waals surface area contributed by atoms with Crippen LogP contribution in [0, 0.1) is 18.2 Å². The molecular formula is C25H30FN5O5S2. The zero-order valence-corrected chi connectivity index (χ0v) is 23.0. The molecule has 2 N–H and O–H groups in total. The van der Waals surface area contributed by atoms with E-state index in [9.17, 15) is 22.4 Å². The van der Waals surface area contributed by atoms with Gasteiger partial charge in [-0.3, -0.25) is 19.4 Å². The van der Waals surface area contributed by atoms with Gasteiger partial charge in [-0.2, -0.15) is 0 Å². The second-order valence-electron chi connectivity index (χ2n) is 9.69. The summed E-state index contributed by atoms with van der Waals surface area (Å²) in [5, 5.41) is 5.72. The summed E-state index contributed by atoms with van der Waals surface area (Å²) in [6.45, 7) is 2.83. The third kappa shape index (κ3) is 6.83. The highest BCUT2D eigenvalue weighted by Crippen LogP contribution is 2.54. The molecule has 1 aliphatic carbocycles. The quantitative estimate of drug-likeness (QED) is 0.511. The molecule has 204 valence electrons. The normalized spacial score (nSPS) is 20.2. The molecule has 1 aromatic heterocycles. The molecule has 2 aromatic rings. The minimum absolute atomic E-state index is 0.0480. The van der Waals surface area contributed by atoms with Gasteiger partial charge in [0, 0.05) is 30.4 Å². The number of carbonyl (C=O) groups is 2. The van der Waals surface area contributed by atoms with Crippen LogP contribution in [0.1, 0.15) is 29.8 Å². The third-order valence-corrected chi connectivity index (χ3v) is 8.04. The number of esters is 1. The maximum Gasteiger partial charge on any atom is 0.337 e. The minimum Gasteiger partial charge on any atom is -0.466 e. The van der Waals surface area contributed by atoms with Crippen LogP contribution >= 0.6 is 11.3 Å². The Bertz CT molecular complexity index is 1350. The van der Waals surface area contributed by atoms with Crippen molar-refractivity contribution >= 4 is 39.1 Å². The summed E-state index contributed by atoms with van der Waals surface area (Å²) in [5.41, 5.74) is 1.73. The zero-order chi connectivity index (χ0) is 27.5. The van der Waals surface area contributed by atoms with Crippen LogP contribution in [-0.2, 0) is 24.3 Å². The lowest BCUT2D eigenvalue weighted by Crippen LogP contribution is -2.47. The number of aryl methyl sites for hydroxylation is 1. The second-order valence-corrected chi connectivity index (χ2v) is 12.3. The number of aromatic nitrogens is 1. The Hall–Kier alpha value is -3.16. The summed E-state index contributed by atoms with van der Waals surface area (Å²) in [5.74, 6) is -0.597. The maximum absolute atomic E-state index is 12.7. The van der Waals surface area contributed by atoms with Gasteiger partial charge in [0.25, 0.3) is 5.91 Å². The number of carbonyl (C=O) groups excluding carboxylic acids is 2. The number of ether oxygens (including phenoxy) is 1. The van der Waals surface area contributed by atoms with E-state index in [0.29, 0.717) is 40.6 Å². The van der Waals surface area contributed by atoms with E-state index in [0.717, 1.165) is 19.1 Å². The van der Waals surface area contributed by atoms with Gasteiger partial charge in [-0.1, -0.05) is 18.2 Å². The topological polar surface area (TPSA) is 130 Å². The van der Waals surface area contributed by atoms with Gasteiger partial charge >= 0.3 is 5.97 Å². The lowest BCUT2D eigenvalue weighted by Gasteiger charge is -2.28. The lowest BCUT2D eigenvalue weighted by atomic mass is 10.0. The van der Waals surface area contributed by atoms with Crippen molar-refractivity contribution in [2.45, 2.75) is 32.2 Å². The van der Waals surface area contributed by atoms with Gasteiger partial charge in [-0.15, -0.1) is 11.3 Å². The molecule has 0 bridgehead atoms. The van der Waals surface area contributed by atoms with Crippen molar-refractivity contribution in [2.75, 3.05) is 33.0 Å². The molecule has 1 unspecified atom stereocenters. The average molecular weight is 564 g/mol. The summed E-state index contributed by atoms with van der Waals surface area (Å²) in [4.78, 5) is 35.6. The molecule has 2 fully saturated rings. The number of methoxy groups -OCH3 is 1. The molecule has 3 aliphatic rings. The van der Waals surface area contributed by atoms with E-state index in [1.54, 1.807) is 25.3 Å². The van der Waals surface area contributed by atoms with Gasteiger partial charge in [0.15, 0.2) is 10.8 Å². The van der Waals surface area contributed by atoms with Crippen LogP contribution in [0.15, 0.2) is 52.1 Å². The number of aliphatic imine (C=N–C) groups is 1. The SMILES string of the molecule is COC(=O)C1=C(CN2CC3(CC3)CC2C(=O)NS(C)(=O)=O)NC(c2nccs2)=NC1.Cc1ccccc1F. The fourth-order valence-electron chi connectivity index (χ4n) is 4.53. The van der Waals surface area contributed by atoms with Crippen molar-refractivity contribution in [3.63, 3.8) is 0 Å². The number of hydrogen-bond acceptors (Lipinski definition) is 10. The van der Waals surface area contributed by atoms with Gasteiger partial charge in [0.1, 0.15) is 5.82 Å². The first-order chi connectivity index (χ1) is 18.0. The second kappa shape index (κ2) is 11.3. The molecule has 1 atom stereocenters. The highest BCUT2D eigenvalue weighted by atomic mass is 32.2. The van der Waals surface area contributed by atoms with E-state index < -0.39 is 27.9 Å². The number of nitrogens with one attached hydrogen (secondary N) is 2. The summed E-state index contributed by atoms with van der Waals surface area (Å²) >= 11 is 1.42. The molecule has 1 aromatic carbocycles. The number of amidine groups is 1. The first kappa shape index (κ1) is 27.9. The van der Waals surface area contributed by atoms with Crippen molar-refractivity contribution in [3.05, 3.63) is 63.5 Å². The van der Waals surface area contributed by atoms with Crippen LogP contribution in [0.25, 0.3) is 0 Å². The van der Waals surface area contributed by atoms with E-state index in [-0.39, 0.29) is 24.3 Å². The molecule has 1 spiro atoms. The highest BCUT2D eigenvalue weighted by Gasteiger charge is 2.54. The maximum atomic E-state index is 12.7. The van der Waals surface area contributed by atoms with Crippen molar-refractivity contribution in [2.24, 2.45) is 10.4 Å². The van der Waals surface area contributed by atoms with Gasteiger partial charge in [-0.05, 0) is 43.2 Å². The van der Waals surface area contributed by atoms with E-state index >= 15 is 0 Å². The van der Waals surface area contributed by atoms with Gasteiger partial charge in [0.2, 0.25) is 10.0 Å². The van der Waals surface area contributed by atoms with Crippen molar-refractivity contribution in [1.82, 2.24) is 19.9 Å². The summed E-state index contributed by atoms with van der Waals surface area (Å²) in [6, 6.07) is 6.11. The van der Waals surface area contributed by atoms with Gasteiger partial charge < -0.3 is 10.1 Å². The molecule has 1 saturated carbocycles. The van der Waals surface area contributed by atoms with E-state index in [2.05, 4.69) is 20.0 Å². The Morgan fingerprint density at radius 3 is 2.61 bits per heavy atom. The summed E-state index contributed by atoms with van der Waals surface area (Å²) < 4.78 is 42.5. The van der Waals surface area contributed by atoms with E-state index in [1.807, 2.05) is 16.3 Å². The number of rotatable bonds is 6. The van der Waals surface area contributed by atoms with Crippen molar-refractivity contribution < 1.29 is 27.1 Å². The third-order valence-electron chi connectivity index (χ3n) is 6.68. The molecule has 10 nitrogen and oxygen atoms in total. The minimum atomic E-state index is -3.65. The number of sulfonamides is 1. The van der Waals surface area contributed by atoms with Crippen LogP contribution in [0.5, 0.6) is 0 Å². The number of halogens is 1. The average Bonchev–Trinajstić information content (AvgIpc) is 3.25. The van der Waals surface area contributed by atoms with E-state index in [1.165, 1.54) is 24.5 Å². The smallest absolute Gasteiger partial charge is 0.337 e. The number of thiazole rings is 1. The Morgan fingerprint density at radius 2 is 2.05 bits per heavy atom. The molecule has 5 rings (SSSR count). The first-order valence-electron chi connectivity index (χ1n) is 12.0. The number of hydrogen-bond donors (Lipinski definition) is 2. The number of likely N-dealkylation sites (tertiary alicyclic amines) is 1. The molecular weight excluding hydrogens is 533 g/mol. The zero-order valence-electron chi connectivity index (χ0n) is 21.4. The van der Waals surface area contributed by atoms with Crippen LogP contribution in [0.3, 0.4) is 0 Å². The predicted molar refractivity (Wildman–Crippen MR) is 141 cm³/mol. The van der Waals surface area contributed by atoms with Crippen molar-refractivity contribution in [3.8, 4) is 0 Å². The van der Waals surface area contributed by atoms with Crippen LogP contribution in [-0.4, -0.2) is 75.1 Å². The van der Waals surface area contributed by atoms with Crippen LogP contribution in [0.2, 0.25) is 0 Å². The molecule has 1 amide bonds. The highest BCUT2D eigenvalue weighted by molar-refractivity contribution is 7.89. The van der Waals surface area contributed by atoms with Gasteiger partial charge in [-0.25, -0.2) is 22.6 Å². The Morgan fingerprint density at radius 1 is 1.32 bits per heavy atom. The molecule has 38 heavy (non-hydrogen) atoms. The molecule has 1 saturated heterocycles. The van der Waals surface area contributed by atoms with E-state index in [4.69, 9.17) is 4.74 Å². The largest absolute Gasteiger partial charge is 0.466 e. The Labute approximate surface area is 225 Å². The Balaban J connectivity index is 0.000000360. The monoisotopic (exact) mass is 563 g/mol. The predicted octanol–water partition coefficient (Wildman–Crippen LogP) is 1.98. The summed E-state index contributed by atoms with van der Waals surface area (Å²) in [6.07, 6.45) is 5.26. The first-order valence-corrected chi connectivity index (χ1v) is 14.8. The van der Waals surface area contributed by atoms with Gasteiger partial charge in [0.05, 0.1) is 31.5 Å². The number of benzene rings is 1. The fraction of sp³-hybridized carbons (Fsp3) is 0.440. The van der Waals surface area contributed by atoms with Crippen LogP contribution < -0.4 is 10.0 Å². The lowest BCUT2D eigenvalue weighted by molar-refractivity contribution is -0.136. The number of amides is 1. The molecule has 2 aliphatic heterocycles. The molecule has 0 radical (unpaired) electrons.